The average Bonchev–Trinajstić information content (AvgIpc) is 1.83. The summed E-state index contributed by atoms with van der Waals surface area (Å²) in [6.07, 6.45) is 5.40. The van der Waals surface area contributed by atoms with Crippen LogP contribution >= 0.6 is 0 Å². The van der Waals surface area contributed by atoms with Crippen molar-refractivity contribution in [1.82, 2.24) is 0 Å². The van der Waals surface area contributed by atoms with Crippen LogP contribution in [-0.4, -0.2) is 7.85 Å². The molecule has 0 aromatic heterocycles. The molecular weight excluding hydrogens is 94.9 g/mol. The summed E-state index contributed by atoms with van der Waals surface area (Å²) in [7, 11) is 5.52. The number of unbranched alkanes of at least 4 members (excludes halogenated alkanes) is 1. The van der Waals surface area contributed by atoms with Crippen LogP contribution < -0.4 is 0 Å². The first-order valence-electron chi connectivity index (χ1n) is 3.25. The minimum atomic E-state index is 0.986. The highest BCUT2D eigenvalue weighted by atomic mass is 13.8. The lowest BCUT2D eigenvalue weighted by Crippen LogP contribution is -1.76. The zero-order valence-corrected chi connectivity index (χ0v) is 5.78. The second-order valence-electron chi connectivity index (χ2n) is 1.92. The average molecular weight is 108 g/mol. The molecule has 0 fully saturated rings. The van der Waals surface area contributed by atoms with Crippen molar-refractivity contribution in [2.24, 2.45) is 0 Å². The minimum Gasteiger partial charge on any atom is -0.122 e. The Morgan fingerprint density at radius 1 is 1.50 bits per heavy atom. The quantitative estimate of drug-likeness (QED) is 0.486. The standard InChI is InChI=1S/C7H13B/c1-3-5-6-7(8)4-2/h6H,3-5H2,1-2H3. The van der Waals surface area contributed by atoms with Gasteiger partial charge in [0.05, 0.1) is 0 Å². The van der Waals surface area contributed by atoms with Gasteiger partial charge in [0.2, 0.25) is 0 Å². The van der Waals surface area contributed by atoms with E-state index in [1.165, 1.54) is 6.42 Å². The van der Waals surface area contributed by atoms with Gasteiger partial charge in [-0.05, 0) is 12.8 Å². The lowest BCUT2D eigenvalue weighted by atomic mass is 9.92. The molecule has 0 saturated carbocycles. The third-order valence-corrected chi connectivity index (χ3v) is 1.10. The van der Waals surface area contributed by atoms with Crippen molar-refractivity contribution in [3.63, 3.8) is 0 Å². The molecule has 1 heteroatoms. The van der Waals surface area contributed by atoms with Crippen molar-refractivity contribution < 1.29 is 0 Å². The maximum absolute atomic E-state index is 5.52. The highest BCUT2D eigenvalue weighted by molar-refractivity contribution is 6.21. The normalized spacial score (nSPS) is 12.0. The Morgan fingerprint density at radius 2 is 2.12 bits per heavy atom. The molecule has 0 nitrogen and oxygen atoms in total. The molecule has 0 aliphatic rings. The van der Waals surface area contributed by atoms with Crippen molar-refractivity contribution in [3.05, 3.63) is 11.5 Å². The van der Waals surface area contributed by atoms with Gasteiger partial charge in [0.1, 0.15) is 7.85 Å². The Kier molecular flexibility index (Phi) is 4.83. The third kappa shape index (κ3) is 3.98. The van der Waals surface area contributed by atoms with E-state index in [2.05, 4.69) is 19.9 Å². The highest BCUT2D eigenvalue weighted by Crippen LogP contribution is 1.97. The molecule has 0 heterocycles. The predicted molar refractivity (Wildman–Crippen MR) is 39.0 cm³/mol. The molecule has 0 amide bonds. The van der Waals surface area contributed by atoms with Gasteiger partial charge in [0, 0.05) is 0 Å². The molecule has 44 valence electrons. The van der Waals surface area contributed by atoms with Crippen LogP contribution in [0, 0.1) is 0 Å². The van der Waals surface area contributed by atoms with E-state index in [1.807, 2.05) is 0 Å². The zero-order chi connectivity index (χ0) is 6.41. The number of rotatable bonds is 3. The zero-order valence-electron chi connectivity index (χ0n) is 5.78. The topological polar surface area (TPSA) is 0 Å². The Bertz CT molecular complexity index is 74.5. The van der Waals surface area contributed by atoms with E-state index < -0.39 is 0 Å². The van der Waals surface area contributed by atoms with Gasteiger partial charge < -0.3 is 0 Å². The van der Waals surface area contributed by atoms with Gasteiger partial charge in [-0.15, -0.1) is 5.47 Å². The first kappa shape index (κ1) is 7.80. The molecule has 0 atom stereocenters. The van der Waals surface area contributed by atoms with Crippen molar-refractivity contribution in [2.75, 3.05) is 0 Å². The molecule has 0 spiro atoms. The Hall–Kier alpha value is -0.195. The molecular formula is C7H13B. The van der Waals surface area contributed by atoms with Crippen LogP contribution in [0.1, 0.15) is 33.1 Å². The first-order valence-corrected chi connectivity index (χ1v) is 3.25. The summed E-state index contributed by atoms with van der Waals surface area (Å²) in [5, 5.41) is 0. The lowest BCUT2D eigenvalue weighted by Gasteiger charge is -1.91. The summed E-state index contributed by atoms with van der Waals surface area (Å²) < 4.78 is 0. The minimum absolute atomic E-state index is 0.986. The van der Waals surface area contributed by atoms with Crippen LogP contribution in [0.25, 0.3) is 0 Å². The fraction of sp³-hybridized carbons (Fsp3) is 0.714. The van der Waals surface area contributed by atoms with Crippen LogP contribution in [0.2, 0.25) is 0 Å². The summed E-state index contributed by atoms with van der Waals surface area (Å²) in [6, 6.07) is 0. The van der Waals surface area contributed by atoms with E-state index in [0.29, 0.717) is 0 Å². The number of allylic oxidation sites excluding steroid dienone is 2. The molecule has 0 aliphatic carbocycles. The van der Waals surface area contributed by atoms with E-state index in [-0.39, 0.29) is 0 Å². The molecule has 0 aromatic carbocycles. The fourth-order valence-corrected chi connectivity index (χ4v) is 0.474. The number of hydrogen-bond acceptors (Lipinski definition) is 0. The molecule has 0 aliphatic heterocycles. The van der Waals surface area contributed by atoms with E-state index in [9.17, 15) is 0 Å². The molecule has 0 aromatic rings. The summed E-state index contributed by atoms with van der Waals surface area (Å²) >= 11 is 0. The largest absolute Gasteiger partial charge is 0.122 e. The fourth-order valence-electron chi connectivity index (χ4n) is 0.474. The summed E-state index contributed by atoms with van der Waals surface area (Å²) in [5.41, 5.74) is 1.02. The smallest absolute Gasteiger partial charge is 0.107 e. The van der Waals surface area contributed by atoms with Crippen LogP contribution in [0.15, 0.2) is 11.5 Å². The first-order chi connectivity index (χ1) is 3.81. The van der Waals surface area contributed by atoms with Crippen LogP contribution in [0.5, 0.6) is 0 Å². The Balaban J connectivity index is 3.26. The van der Waals surface area contributed by atoms with E-state index >= 15 is 0 Å². The summed E-state index contributed by atoms with van der Waals surface area (Å²) in [5.74, 6) is 0. The third-order valence-electron chi connectivity index (χ3n) is 1.10. The monoisotopic (exact) mass is 108 g/mol. The maximum atomic E-state index is 5.52. The number of hydrogen-bond donors (Lipinski definition) is 0. The second kappa shape index (κ2) is 4.95. The van der Waals surface area contributed by atoms with Gasteiger partial charge in [-0.2, -0.15) is 0 Å². The van der Waals surface area contributed by atoms with Gasteiger partial charge >= 0.3 is 0 Å². The summed E-state index contributed by atoms with van der Waals surface area (Å²) in [4.78, 5) is 0. The van der Waals surface area contributed by atoms with Crippen LogP contribution in [-0.2, 0) is 0 Å². The van der Waals surface area contributed by atoms with E-state index in [1.54, 1.807) is 0 Å². The molecule has 0 bridgehead atoms. The second-order valence-corrected chi connectivity index (χ2v) is 1.92. The Morgan fingerprint density at radius 3 is 2.50 bits per heavy atom. The molecule has 0 unspecified atom stereocenters. The van der Waals surface area contributed by atoms with Crippen molar-refractivity contribution in [2.45, 2.75) is 33.1 Å². The van der Waals surface area contributed by atoms with Gasteiger partial charge in [0.15, 0.2) is 0 Å². The molecule has 2 radical (unpaired) electrons. The molecule has 0 N–H and O–H groups in total. The Labute approximate surface area is 53.4 Å². The van der Waals surface area contributed by atoms with Crippen molar-refractivity contribution in [3.8, 4) is 0 Å². The molecule has 0 saturated heterocycles. The van der Waals surface area contributed by atoms with Gasteiger partial charge in [-0.1, -0.05) is 26.3 Å². The van der Waals surface area contributed by atoms with E-state index in [4.69, 9.17) is 7.85 Å². The van der Waals surface area contributed by atoms with Crippen molar-refractivity contribution in [1.29, 1.82) is 0 Å². The van der Waals surface area contributed by atoms with Crippen LogP contribution in [0.4, 0.5) is 0 Å². The summed E-state index contributed by atoms with van der Waals surface area (Å²) in [6.45, 7) is 4.22. The van der Waals surface area contributed by atoms with Crippen molar-refractivity contribution >= 4 is 7.85 Å². The molecule has 0 rings (SSSR count). The van der Waals surface area contributed by atoms with Gasteiger partial charge in [-0.25, -0.2) is 0 Å². The molecule has 8 heavy (non-hydrogen) atoms. The highest BCUT2D eigenvalue weighted by Gasteiger charge is 1.79. The van der Waals surface area contributed by atoms with Gasteiger partial charge in [0.25, 0.3) is 0 Å². The maximum Gasteiger partial charge on any atom is 0.107 e. The SMILES string of the molecule is [B]C(=CCCC)CC. The lowest BCUT2D eigenvalue weighted by molar-refractivity contribution is 0.948. The van der Waals surface area contributed by atoms with Crippen LogP contribution in [0.3, 0.4) is 0 Å². The predicted octanol–water partition coefficient (Wildman–Crippen LogP) is 2.25. The van der Waals surface area contributed by atoms with E-state index in [0.717, 1.165) is 18.3 Å². The van der Waals surface area contributed by atoms with Gasteiger partial charge in [-0.3, -0.25) is 0 Å².